The van der Waals surface area contributed by atoms with Crippen LogP contribution in [0.2, 0.25) is 0 Å². The van der Waals surface area contributed by atoms with E-state index >= 15 is 0 Å². The number of rotatable bonds is 7. The van der Waals surface area contributed by atoms with Gasteiger partial charge in [-0.2, -0.15) is 0 Å². The zero-order valence-corrected chi connectivity index (χ0v) is 15.6. The Morgan fingerprint density at radius 2 is 1.81 bits per heavy atom. The molecule has 0 radical (unpaired) electrons. The molecular formula is C22H24N2O3. The average Bonchev–Trinajstić information content (AvgIpc) is 2.98. The lowest BCUT2D eigenvalue weighted by Gasteiger charge is -2.08. The number of benzene rings is 2. The molecule has 140 valence electrons. The van der Waals surface area contributed by atoms with Crippen LogP contribution >= 0.6 is 0 Å². The Kier molecular flexibility index (Phi) is 5.60. The third-order valence-corrected chi connectivity index (χ3v) is 4.80. The molecule has 2 aromatic carbocycles. The van der Waals surface area contributed by atoms with Gasteiger partial charge in [0.2, 0.25) is 5.91 Å². The van der Waals surface area contributed by atoms with Crippen molar-refractivity contribution in [1.82, 2.24) is 4.57 Å². The smallest absolute Gasteiger partial charge is 0.306 e. The molecule has 1 atom stereocenters. The predicted octanol–water partition coefficient (Wildman–Crippen LogP) is 4.01. The summed E-state index contributed by atoms with van der Waals surface area (Å²) in [6.45, 7) is 1.69. The summed E-state index contributed by atoms with van der Waals surface area (Å²) < 4.78 is 2.08. The molecule has 0 fully saturated rings. The van der Waals surface area contributed by atoms with Gasteiger partial charge in [-0.15, -0.1) is 0 Å². The summed E-state index contributed by atoms with van der Waals surface area (Å²) in [5.41, 5.74) is 4.00. The summed E-state index contributed by atoms with van der Waals surface area (Å²) in [6, 6.07) is 15.5. The molecule has 3 aromatic rings. The lowest BCUT2D eigenvalue weighted by molar-refractivity contribution is -0.141. The Morgan fingerprint density at radius 3 is 2.52 bits per heavy atom. The van der Waals surface area contributed by atoms with Gasteiger partial charge in [0.15, 0.2) is 0 Å². The van der Waals surface area contributed by atoms with Crippen molar-refractivity contribution in [2.75, 3.05) is 5.32 Å². The molecule has 0 saturated heterocycles. The monoisotopic (exact) mass is 364 g/mol. The number of nitrogens with one attached hydrogen (secondary N) is 1. The second-order valence-electron chi connectivity index (χ2n) is 6.97. The van der Waals surface area contributed by atoms with Gasteiger partial charge in [-0.3, -0.25) is 9.59 Å². The maximum atomic E-state index is 12.3. The van der Waals surface area contributed by atoms with Crippen LogP contribution in [0, 0.1) is 5.92 Å². The van der Waals surface area contributed by atoms with Crippen LogP contribution in [0.5, 0.6) is 0 Å². The molecule has 0 aliphatic heterocycles. The number of carbonyl (C=O) groups is 2. The largest absolute Gasteiger partial charge is 0.481 e. The Balaban J connectivity index is 1.57. The fourth-order valence-corrected chi connectivity index (χ4v) is 3.26. The number of para-hydroxylation sites is 1. The molecule has 0 saturated carbocycles. The molecule has 0 spiro atoms. The van der Waals surface area contributed by atoms with E-state index in [4.69, 9.17) is 5.11 Å². The van der Waals surface area contributed by atoms with Gasteiger partial charge in [0, 0.05) is 36.3 Å². The fraction of sp³-hybridized carbons (Fsp3) is 0.273. The van der Waals surface area contributed by atoms with Crippen molar-refractivity contribution in [2.45, 2.75) is 26.2 Å². The van der Waals surface area contributed by atoms with Crippen LogP contribution < -0.4 is 5.32 Å². The molecule has 5 nitrogen and oxygen atoms in total. The normalized spacial score (nSPS) is 12.1. The summed E-state index contributed by atoms with van der Waals surface area (Å²) in [4.78, 5) is 23.2. The van der Waals surface area contributed by atoms with Gasteiger partial charge in [-0.25, -0.2) is 0 Å². The van der Waals surface area contributed by atoms with E-state index in [2.05, 4.69) is 28.2 Å². The molecule has 0 bridgehead atoms. The number of anilines is 1. The summed E-state index contributed by atoms with van der Waals surface area (Å²) in [5.74, 6) is -1.26. The summed E-state index contributed by atoms with van der Waals surface area (Å²) >= 11 is 0. The number of amides is 1. The number of aryl methyl sites for hydroxylation is 2. The van der Waals surface area contributed by atoms with E-state index in [1.54, 1.807) is 6.92 Å². The quantitative estimate of drug-likeness (QED) is 0.665. The van der Waals surface area contributed by atoms with Crippen LogP contribution in [0.1, 0.15) is 24.5 Å². The van der Waals surface area contributed by atoms with Crippen LogP contribution in [0.3, 0.4) is 0 Å². The topological polar surface area (TPSA) is 71.3 Å². The maximum absolute atomic E-state index is 12.3. The van der Waals surface area contributed by atoms with E-state index in [0.717, 1.165) is 11.3 Å². The summed E-state index contributed by atoms with van der Waals surface area (Å²) in [5, 5.41) is 13.1. The van der Waals surface area contributed by atoms with E-state index < -0.39 is 11.9 Å². The summed E-state index contributed by atoms with van der Waals surface area (Å²) in [7, 11) is 2.01. The van der Waals surface area contributed by atoms with E-state index in [0.29, 0.717) is 19.3 Å². The first-order valence-corrected chi connectivity index (χ1v) is 9.08. The number of aliphatic carboxylic acids is 1. The van der Waals surface area contributed by atoms with Crippen molar-refractivity contribution in [2.24, 2.45) is 13.0 Å². The standard InChI is InChI=1S/C22H24N2O3/c1-15(22(26)27)13-16-7-10-18(11-8-16)23-21(25)12-9-17-14-24(2)20-6-4-3-5-19(17)20/h3-8,10-11,14-15H,9,12-13H2,1-2H3,(H,23,25)(H,26,27). The second kappa shape index (κ2) is 8.08. The Hall–Kier alpha value is -3.08. The minimum atomic E-state index is -0.805. The van der Waals surface area contributed by atoms with Crippen molar-refractivity contribution < 1.29 is 14.7 Å². The van der Waals surface area contributed by atoms with Crippen molar-refractivity contribution in [3.8, 4) is 0 Å². The van der Waals surface area contributed by atoms with E-state index in [-0.39, 0.29) is 5.91 Å². The molecule has 1 heterocycles. The molecular weight excluding hydrogens is 340 g/mol. The number of carboxylic acids is 1. The van der Waals surface area contributed by atoms with E-state index in [1.165, 1.54) is 16.5 Å². The zero-order chi connectivity index (χ0) is 19.4. The van der Waals surface area contributed by atoms with Crippen LogP contribution in [0.15, 0.2) is 54.7 Å². The van der Waals surface area contributed by atoms with E-state index in [1.807, 2.05) is 43.4 Å². The van der Waals surface area contributed by atoms with Crippen LogP contribution in [-0.4, -0.2) is 21.6 Å². The van der Waals surface area contributed by atoms with Gasteiger partial charge in [0.05, 0.1) is 5.92 Å². The van der Waals surface area contributed by atoms with Crippen LogP contribution in [-0.2, 0) is 29.5 Å². The lowest BCUT2D eigenvalue weighted by atomic mass is 10.0. The Labute approximate surface area is 158 Å². The highest BCUT2D eigenvalue weighted by atomic mass is 16.4. The molecule has 5 heteroatoms. The van der Waals surface area contributed by atoms with Gasteiger partial charge >= 0.3 is 5.97 Å². The molecule has 3 rings (SSSR count). The fourth-order valence-electron chi connectivity index (χ4n) is 3.26. The first-order chi connectivity index (χ1) is 12.9. The predicted molar refractivity (Wildman–Crippen MR) is 107 cm³/mol. The van der Waals surface area contributed by atoms with Crippen LogP contribution in [0.4, 0.5) is 5.69 Å². The first-order valence-electron chi connectivity index (χ1n) is 9.08. The van der Waals surface area contributed by atoms with Gasteiger partial charge < -0.3 is 15.0 Å². The third kappa shape index (κ3) is 4.56. The number of aromatic nitrogens is 1. The van der Waals surface area contributed by atoms with Gasteiger partial charge in [0.1, 0.15) is 0 Å². The van der Waals surface area contributed by atoms with Gasteiger partial charge in [0.25, 0.3) is 0 Å². The highest BCUT2D eigenvalue weighted by Crippen LogP contribution is 2.22. The third-order valence-electron chi connectivity index (χ3n) is 4.80. The highest BCUT2D eigenvalue weighted by Gasteiger charge is 2.12. The van der Waals surface area contributed by atoms with Crippen molar-refractivity contribution in [3.63, 3.8) is 0 Å². The molecule has 0 aliphatic rings. The molecule has 2 N–H and O–H groups in total. The first kappa shape index (κ1) is 18.7. The number of hydrogen-bond donors (Lipinski definition) is 2. The minimum absolute atomic E-state index is 0.0328. The number of fused-ring (bicyclic) bond motifs is 1. The van der Waals surface area contributed by atoms with Gasteiger partial charge in [-0.1, -0.05) is 37.3 Å². The number of hydrogen-bond acceptors (Lipinski definition) is 2. The van der Waals surface area contributed by atoms with Crippen molar-refractivity contribution >= 4 is 28.5 Å². The number of carbonyl (C=O) groups excluding carboxylic acids is 1. The second-order valence-corrected chi connectivity index (χ2v) is 6.97. The Bertz CT molecular complexity index is 957. The molecule has 1 amide bonds. The molecule has 1 aromatic heterocycles. The maximum Gasteiger partial charge on any atom is 0.306 e. The van der Waals surface area contributed by atoms with Gasteiger partial charge in [-0.05, 0) is 42.2 Å². The van der Waals surface area contributed by atoms with Crippen LogP contribution in [0.25, 0.3) is 10.9 Å². The van der Waals surface area contributed by atoms with Crippen molar-refractivity contribution in [3.05, 3.63) is 65.9 Å². The lowest BCUT2D eigenvalue weighted by Crippen LogP contribution is -2.13. The summed E-state index contributed by atoms with van der Waals surface area (Å²) in [6.07, 6.45) is 3.65. The van der Waals surface area contributed by atoms with Crippen molar-refractivity contribution in [1.29, 1.82) is 0 Å². The molecule has 27 heavy (non-hydrogen) atoms. The minimum Gasteiger partial charge on any atom is -0.481 e. The van der Waals surface area contributed by atoms with E-state index in [9.17, 15) is 9.59 Å². The molecule has 0 aliphatic carbocycles. The molecule has 1 unspecified atom stereocenters. The zero-order valence-electron chi connectivity index (χ0n) is 15.6. The SMILES string of the molecule is CC(Cc1ccc(NC(=O)CCc2cn(C)c3ccccc23)cc1)C(=O)O. The number of carboxylic acid groups (broad SMARTS) is 1. The number of nitrogens with zero attached hydrogens (tertiary/aromatic N) is 1. The Morgan fingerprint density at radius 1 is 1.11 bits per heavy atom. The highest BCUT2D eigenvalue weighted by molar-refractivity contribution is 5.91. The average molecular weight is 364 g/mol.